The van der Waals surface area contributed by atoms with Crippen LogP contribution in [0.4, 0.5) is 0 Å². The minimum absolute atomic E-state index is 0.470. The molecule has 1 rings (SSSR count). The molecule has 0 radical (unpaired) electrons. The van der Waals surface area contributed by atoms with Crippen LogP contribution in [0.1, 0.15) is 5.56 Å². The van der Waals surface area contributed by atoms with Crippen molar-refractivity contribution in [1.82, 2.24) is 0 Å². The summed E-state index contributed by atoms with van der Waals surface area (Å²) in [7, 11) is 0. The maximum atomic E-state index is 5.57. The maximum Gasteiger partial charge on any atom is 0.139 e. The number of nitrogens with zero attached hydrogens (tertiary/aromatic N) is 1. The molecule has 0 aliphatic heterocycles. The monoisotopic (exact) mass is 276 g/mol. The van der Waals surface area contributed by atoms with Gasteiger partial charge in [-0.2, -0.15) is 4.02 Å². The average Bonchev–Trinajstić information content (AvgIpc) is 2.04. The zero-order chi connectivity index (χ0) is 8.27. The SMILES string of the molecule is N/C(=N\Br)c1ccccc1Br. The van der Waals surface area contributed by atoms with E-state index in [1.165, 1.54) is 0 Å². The van der Waals surface area contributed by atoms with Crippen LogP contribution in [-0.2, 0) is 0 Å². The second kappa shape index (κ2) is 3.88. The van der Waals surface area contributed by atoms with Gasteiger partial charge < -0.3 is 5.73 Å². The first-order valence-electron chi connectivity index (χ1n) is 2.95. The second-order valence-corrected chi connectivity index (χ2v) is 3.16. The molecule has 0 fully saturated rings. The molecule has 11 heavy (non-hydrogen) atoms. The predicted molar refractivity (Wildman–Crippen MR) is 53.8 cm³/mol. The quantitative estimate of drug-likeness (QED) is 0.622. The van der Waals surface area contributed by atoms with Gasteiger partial charge in [-0.25, -0.2) is 0 Å². The van der Waals surface area contributed by atoms with E-state index in [0.717, 1.165) is 10.0 Å². The highest BCUT2D eigenvalue weighted by atomic mass is 79.9. The summed E-state index contributed by atoms with van der Waals surface area (Å²) < 4.78 is 4.64. The molecule has 0 atom stereocenters. The summed E-state index contributed by atoms with van der Waals surface area (Å²) in [6, 6.07) is 7.64. The van der Waals surface area contributed by atoms with Crippen molar-refractivity contribution in [2.75, 3.05) is 0 Å². The van der Waals surface area contributed by atoms with Crippen LogP contribution in [0.3, 0.4) is 0 Å². The van der Waals surface area contributed by atoms with Crippen LogP contribution in [0.15, 0.2) is 32.8 Å². The van der Waals surface area contributed by atoms with E-state index in [1.54, 1.807) is 0 Å². The fourth-order valence-corrected chi connectivity index (χ4v) is 1.39. The number of benzene rings is 1. The van der Waals surface area contributed by atoms with Gasteiger partial charge in [0, 0.05) is 10.0 Å². The summed E-state index contributed by atoms with van der Waals surface area (Å²) in [6.45, 7) is 0. The summed E-state index contributed by atoms with van der Waals surface area (Å²) in [5, 5.41) is 0. The first-order valence-corrected chi connectivity index (χ1v) is 4.45. The lowest BCUT2D eigenvalue weighted by Crippen LogP contribution is -2.12. The van der Waals surface area contributed by atoms with Gasteiger partial charge in [-0.15, -0.1) is 0 Å². The molecule has 0 bridgehead atoms. The molecule has 0 saturated heterocycles. The fraction of sp³-hybridized carbons (Fsp3) is 0. The van der Waals surface area contributed by atoms with Crippen LogP contribution in [0.2, 0.25) is 0 Å². The van der Waals surface area contributed by atoms with Crippen molar-refractivity contribution in [2.24, 2.45) is 9.75 Å². The lowest BCUT2D eigenvalue weighted by atomic mass is 10.2. The third-order valence-corrected chi connectivity index (χ3v) is 2.31. The first-order chi connectivity index (χ1) is 5.25. The Hall–Kier alpha value is -0.350. The Morgan fingerprint density at radius 1 is 1.36 bits per heavy atom. The van der Waals surface area contributed by atoms with E-state index in [9.17, 15) is 0 Å². The number of rotatable bonds is 1. The minimum Gasteiger partial charge on any atom is -0.383 e. The van der Waals surface area contributed by atoms with E-state index in [-0.39, 0.29) is 0 Å². The zero-order valence-corrected chi connectivity index (χ0v) is 8.76. The first kappa shape index (κ1) is 8.74. The third kappa shape index (κ3) is 2.04. The molecule has 0 amide bonds. The zero-order valence-electron chi connectivity index (χ0n) is 5.59. The highest BCUT2D eigenvalue weighted by Crippen LogP contribution is 2.15. The number of amidine groups is 1. The van der Waals surface area contributed by atoms with E-state index >= 15 is 0 Å². The Balaban J connectivity index is 3.14. The highest BCUT2D eigenvalue weighted by molar-refractivity contribution is 9.10. The predicted octanol–water partition coefficient (Wildman–Crippen LogP) is 2.46. The van der Waals surface area contributed by atoms with Crippen LogP contribution in [0, 0.1) is 0 Å². The smallest absolute Gasteiger partial charge is 0.139 e. The van der Waals surface area contributed by atoms with Crippen LogP contribution >= 0.6 is 32.1 Å². The Kier molecular flexibility index (Phi) is 3.08. The largest absolute Gasteiger partial charge is 0.383 e. The third-order valence-electron chi connectivity index (χ3n) is 1.24. The molecule has 0 heterocycles. The molecule has 58 valence electrons. The lowest BCUT2D eigenvalue weighted by molar-refractivity contribution is 1.53. The summed E-state index contributed by atoms with van der Waals surface area (Å²) in [4.78, 5) is 0. The van der Waals surface area contributed by atoms with Crippen molar-refractivity contribution >= 4 is 37.9 Å². The van der Waals surface area contributed by atoms with Crippen molar-refractivity contribution in [3.63, 3.8) is 0 Å². The van der Waals surface area contributed by atoms with Gasteiger partial charge >= 0.3 is 0 Å². The van der Waals surface area contributed by atoms with Gasteiger partial charge in [-0.1, -0.05) is 34.1 Å². The van der Waals surface area contributed by atoms with E-state index in [1.807, 2.05) is 24.3 Å². The average molecular weight is 278 g/mol. The van der Waals surface area contributed by atoms with Crippen molar-refractivity contribution in [3.05, 3.63) is 34.3 Å². The van der Waals surface area contributed by atoms with Crippen molar-refractivity contribution < 1.29 is 0 Å². The number of nitrogens with two attached hydrogens (primary N) is 1. The Morgan fingerprint density at radius 2 is 2.00 bits per heavy atom. The topological polar surface area (TPSA) is 38.4 Å². The molecule has 0 aliphatic rings. The molecule has 0 aliphatic carbocycles. The normalized spacial score (nSPS) is 11.6. The molecule has 1 aromatic rings. The molecule has 4 heteroatoms. The molecule has 0 spiro atoms. The highest BCUT2D eigenvalue weighted by Gasteiger charge is 2.00. The van der Waals surface area contributed by atoms with Gasteiger partial charge in [0.15, 0.2) is 0 Å². The lowest BCUT2D eigenvalue weighted by Gasteiger charge is -1.99. The van der Waals surface area contributed by atoms with Gasteiger partial charge in [-0.3, -0.25) is 0 Å². The van der Waals surface area contributed by atoms with E-state index in [4.69, 9.17) is 5.73 Å². The Labute approximate surface area is 82.0 Å². The summed E-state index contributed by atoms with van der Waals surface area (Å²) >= 11 is 6.28. The van der Waals surface area contributed by atoms with E-state index < -0.39 is 0 Å². The molecule has 0 saturated carbocycles. The number of hydrogen-bond acceptors (Lipinski definition) is 1. The van der Waals surface area contributed by atoms with Crippen LogP contribution in [-0.4, -0.2) is 5.84 Å². The van der Waals surface area contributed by atoms with Crippen molar-refractivity contribution in [3.8, 4) is 0 Å². The minimum atomic E-state index is 0.470. The van der Waals surface area contributed by atoms with Crippen molar-refractivity contribution in [1.29, 1.82) is 0 Å². The summed E-state index contributed by atoms with van der Waals surface area (Å²) in [5.41, 5.74) is 6.46. The summed E-state index contributed by atoms with van der Waals surface area (Å²) in [6.07, 6.45) is 0. The van der Waals surface area contributed by atoms with E-state index in [0.29, 0.717) is 5.84 Å². The van der Waals surface area contributed by atoms with Gasteiger partial charge in [0.1, 0.15) is 5.84 Å². The van der Waals surface area contributed by atoms with Crippen LogP contribution in [0.5, 0.6) is 0 Å². The second-order valence-electron chi connectivity index (χ2n) is 1.95. The van der Waals surface area contributed by atoms with Gasteiger partial charge in [-0.05, 0) is 6.07 Å². The standard InChI is InChI=1S/C7H6Br2N2/c8-6-4-2-1-3-5(6)7(10)11-9/h1-4H,(H2,10,11). The van der Waals surface area contributed by atoms with Gasteiger partial charge in [0.2, 0.25) is 0 Å². The van der Waals surface area contributed by atoms with Gasteiger partial charge in [0.05, 0.1) is 16.1 Å². The van der Waals surface area contributed by atoms with Crippen LogP contribution in [0.25, 0.3) is 0 Å². The van der Waals surface area contributed by atoms with Gasteiger partial charge in [0.25, 0.3) is 0 Å². The molecule has 2 nitrogen and oxygen atoms in total. The Bertz CT molecular complexity index is 284. The number of halogens is 2. The molecule has 0 unspecified atom stereocenters. The Morgan fingerprint density at radius 3 is 2.55 bits per heavy atom. The molecule has 1 aromatic carbocycles. The molecule has 2 N–H and O–H groups in total. The molecular weight excluding hydrogens is 272 g/mol. The van der Waals surface area contributed by atoms with Crippen molar-refractivity contribution in [2.45, 2.75) is 0 Å². The molecule has 0 aromatic heterocycles. The summed E-state index contributed by atoms with van der Waals surface area (Å²) in [5.74, 6) is 0.470. The molecular formula is C7H6Br2N2. The maximum absolute atomic E-state index is 5.57. The number of hydrogen-bond donors (Lipinski definition) is 1. The fourth-order valence-electron chi connectivity index (χ4n) is 0.714. The van der Waals surface area contributed by atoms with E-state index in [2.05, 4.69) is 36.1 Å². The van der Waals surface area contributed by atoms with Crippen LogP contribution < -0.4 is 5.73 Å².